The summed E-state index contributed by atoms with van der Waals surface area (Å²) in [6.45, 7) is -27.2. The van der Waals surface area contributed by atoms with Crippen LogP contribution in [-0.4, -0.2) is 175 Å². The molecule has 0 aliphatic heterocycles. The van der Waals surface area contributed by atoms with E-state index in [1.54, 1.807) is 0 Å². The van der Waals surface area contributed by atoms with E-state index in [0.717, 1.165) is 0 Å². The molecule has 0 N–H and O–H groups in total. The Morgan fingerprint density at radius 1 is 0.219 bits per heavy atom. The Balaban J connectivity index is 8.77. The summed E-state index contributed by atoms with van der Waals surface area (Å²) in [6, 6.07) is 0. The normalized spacial score (nSPS) is 13.0. The van der Waals surface area contributed by atoms with Crippen LogP contribution in [0.3, 0.4) is 0 Å². The van der Waals surface area contributed by atoms with Crippen molar-refractivity contribution >= 4 is 0 Å². The van der Waals surface area contributed by atoms with Crippen molar-refractivity contribution in [3.63, 3.8) is 0 Å². The first-order chi connectivity index (χ1) is 32.9. The molecule has 50 nitrogen and oxygen atoms in total. The van der Waals surface area contributed by atoms with Gasteiger partial charge in [-0.25, -0.2) is 0 Å². The number of rotatable bonds is 38. The molecule has 0 aromatic rings. The summed E-state index contributed by atoms with van der Waals surface area (Å²) in [5.74, 6) is -33.8. The molecule has 73 heavy (non-hydrogen) atoms. The number of nitrogens with zero attached hydrogens (tertiary/aromatic N) is 14. The molecular formula is C17H16F6N14O36. The molecule has 0 aromatic carbocycles. The maximum Gasteiger partial charge on any atom is 0.638 e. The predicted octanol–water partition coefficient (Wildman–Crippen LogP) is -3.35. The average Bonchev–Trinajstić information content (AvgIpc) is 3.27. The average molecular weight is 1110 g/mol. The number of alkyl halides is 6. The molecule has 0 fully saturated rings. The molecule has 0 bridgehead atoms. The smallest absolute Gasteiger partial charge is 0.287 e. The van der Waals surface area contributed by atoms with E-state index in [1.807, 2.05) is 0 Å². The standard InChI is InChI=1S/C17H16F6N14O36/c18-10(26(42)43,27(44)45)3-68-16(69-4-11(19,28(46)47)29(48)49,70-5-12(20,30(50)51)31(52)53)66-1-9(24(38)39,25(40)41)2-67-17(71-6-13(21,32(54)55)33(56)57,72-7-14(22,34(58)59)35(60)61)73-8-15(23,36(62)63)37(64)65/h1-8H2. The summed E-state index contributed by atoms with van der Waals surface area (Å²) in [5, 5.41) is 159. The lowest BCUT2D eigenvalue weighted by molar-refractivity contribution is -0.846. The van der Waals surface area contributed by atoms with Gasteiger partial charge >= 0.3 is 53.5 Å². The van der Waals surface area contributed by atoms with Gasteiger partial charge in [0.15, 0.2) is 13.2 Å². The van der Waals surface area contributed by atoms with Crippen LogP contribution in [0.25, 0.3) is 0 Å². The van der Waals surface area contributed by atoms with Crippen molar-refractivity contribution in [1.82, 2.24) is 0 Å². The lowest BCUT2D eigenvalue weighted by Gasteiger charge is -2.33. The van der Waals surface area contributed by atoms with Crippen LogP contribution in [-0.2, 0) is 37.9 Å². The minimum atomic E-state index is -5.63. The van der Waals surface area contributed by atoms with E-state index in [9.17, 15) is 168 Å². The molecule has 0 amide bonds. The Morgan fingerprint density at radius 3 is 0.425 bits per heavy atom. The highest BCUT2D eigenvalue weighted by Gasteiger charge is 2.71. The SMILES string of the molecule is O=[N+]([O-])C(F)(COC(OCC(F)([N+](=O)[O-])[N+](=O)[O-])(OCC(F)([N+](=O)[O-])[N+](=O)[O-])OCC(COC(OCC(F)([N+](=O)[O-])[N+](=O)[O-])(OCC(F)([N+](=O)[O-])[N+](=O)[O-])OCC(F)([N+](=O)[O-])[N+](=O)[O-])([N+](=O)[O-])[N+](=O)[O-])[N+](=O)[O-]. The van der Waals surface area contributed by atoms with Crippen LogP contribution in [0, 0.1) is 142 Å². The quantitative estimate of drug-likeness (QED) is 0.0192. The van der Waals surface area contributed by atoms with Gasteiger partial charge in [-0.2, -0.15) is 0 Å². The van der Waals surface area contributed by atoms with Crippen LogP contribution >= 0.6 is 0 Å². The van der Waals surface area contributed by atoms with Crippen LogP contribution in [0.4, 0.5) is 26.3 Å². The van der Waals surface area contributed by atoms with Gasteiger partial charge in [0.25, 0.3) is 0 Å². The highest BCUT2D eigenvalue weighted by Crippen LogP contribution is 2.33. The molecule has 0 saturated carbocycles. The first kappa shape index (κ1) is 63.9. The third kappa shape index (κ3) is 13.6. The minimum absolute atomic E-state index is 2.72. The van der Waals surface area contributed by atoms with Gasteiger partial charge in [0, 0.05) is 0 Å². The van der Waals surface area contributed by atoms with E-state index >= 15 is 0 Å². The van der Waals surface area contributed by atoms with Gasteiger partial charge in [-0.1, -0.05) is 26.3 Å². The van der Waals surface area contributed by atoms with E-state index in [1.165, 1.54) is 0 Å². The molecule has 0 aromatic heterocycles. The molecule has 0 atom stereocenters. The topological polar surface area (TPSA) is 678 Å². The van der Waals surface area contributed by atoms with E-state index in [2.05, 4.69) is 37.9 Å². The van der Waals surface area contributed by atoms with Crippen molar-refractivity contribution in [1.29, 1.82) is 0 Å². The van der Waals surface area contributed by atoms with E-state index in [0.29, 0.717) is 0 Å². The molecule has 0 saturated heterocycles. The Labute approximate surface area is 382 Å². The molecule has 56 heteroatoms. The zero-order valence-corrected chi connectivity index (χ0v) is 33.4. The fraction of sp³-hybridized carbons (Fsp3) is 1.00. The summed E-state index contributed by atoms with van der Waals surface area (Å²) in [6.07, 6.45) is -11.2. The van der Waals surface area contributed by atoms with Crippen molar-refractivity contribution in [2.75, 3.05) is 52.9 Å². The van der Waals surface area contributed by atoms with Crippen molar-refractivity contribution < 1.29 is 133 Å². The van der Waals surface area contributed by atoms with Gasteiger partial charge in [-0.3, -0.25) is 179 Å². The first-order valence-corrected chi connectivity index (χ1v) is 16.1. The van der Waals surface area contributed by atoms with Gasteiger partial charge in [0.2, 0.25) is 39.6 Å². The Morgan fingerprint density at radius 2 is 0.329 bits per heavy atom. The fourth-order valence-electron chi connectivity index (χ4n) is 3.34. The van der Waals surface area contributed by atoms with Crippen molar-refractivity contribution in [2.24, 2.45) is 0 Å². The molecule has 0 radical (unpaired) electrons. The van der Waals surface area contributed by atoms with Gasteiger partial charge in [0.1, 0.15) is 68.9 Å². The maximum atomic E-state index is 14.9. The van der Waals surface area contributed by atoms with Crippen molar-refractivity contribution in [2.45, 2.75) is 53.5 Å². The minimum Gasteiger partial charge on any atom is -0.287 e. The molecule has 0 aliphatic rings. The molecule has 412 valence electrons. The Bertz CT molecular complexity index is 1850. The molecule has 0 aliphatic carbocycles. The summed E-state index contributed by atoms with van der Waals surface area (Å²) in [7, 11) is 0. The number of ether oxygens (including phenoxy) is 8. The molecule has 0 rings (SSSR count). The monoisotopic (exact) mass is 1110 g/mol. The number of hydrogen-bond acceptors (Lipinski definition) is 36. The van der Waals surface area contributed by atoms with Crippen LogP contribution in [0.2, 0.25) is 0 Å². The Hall–Kier alpha value is -9.14. The van der Waals surface area contributed by atoms with Crippen LogP contribution in [0.5, 0.6) is 0 Å². The van der Waals surface area contributed by atoms with Crippen LogP contribution in [0.1, 0.15) is 0 Å². The molecule has 0 unspecified atom stereocenters. The largest absolute Gasteiger partial charge is 0.638 e. The second-order valence-electron chi connectivity index (χ2n) is 12.2. The van der Waals surface area contributed by atoms with E-state index in [-0.39, 0.29) is 0 Å². The number of nitro groups is 14. The lowest BCUT2D eigenvalue weighted by Crippen LogP contribution is -2.62. The van der Waals surface area contributed by atoms with Crippen LogP contribution < -0.4 is 0 Å². The zero-order valence-electron chi connectivity index (χ0n) is 33.4. The van der Waals surface area contributed by atoms with E-state index in [4.69, 9.17) is 0 Å². The third-order valence-electron chi connectivity index (χ3n) is 7.59. The summed E-state index contributed by atoms with van der Waals surface area (Å²) >= 11 is 0. The molecule has 0 spiro atoms. The van der Waals surface area contributed by atoms with Crippen molar-refractivity contribution in [3.8, 4) is 0 Å². The first-order valence-electron chi connectivity index (χ1n) is 16.1. The lowest BCUT2D eigenvalue weighted by atomic mass is 10.2. The highest BCUT2D eigenvalue weighted by molar-refractivity contribution is 4.71. The third-order valence-corrected chi connectivity index (χ3v) is 7.59. The fourth-order valence-corrected chi connectivity index (χ4v) is 3.34. The second-order valence-corrected chi connectivity index (χ2v) is 12.2. The predicted molar refractivity (Wildman–Crippen MR) is 177 cm³/mol. The number of hydrogen-bond donors (Lipinski definition) is 0. The summed E-state index contributed by atoms with van der Waals surface area (Å²) in [4.78, 5) is 121. The second kappa shape index (κ2) is 22.7. The molecular weight excluding hydrogens is 1090 g/mol. The Kier molecular flexibility index (Phi) is 19.9. The van der Waals surface area contributed by atoms with Gasteiger partial charge in [-0.15, -0.1) is 0 Å². The summed E-state index contributed by atoms with van der Waals surface area (Å²) in [5.41, 5.74) is -5.36. The van der Waals surface area contributed by atoms with Crippen molar-refractivity contribution in [3.05, 3.63) is 142 Å². The summed E-state index contributed by atoms with van der Waals surface area (Å²) < 4.78 is 121. The van der Waals surface area contributed by atoms with Gasteiger partial charge in [0.05, 0.1) is 0 Å². The zero-order chi connectivity index (χ0) is 57.9. The van der Waals surface area contributed by atoms with Crippen LogP contribution in [0.15, 0.2) is 0 Å². The van der Waals surface area contributed by atoms with Gasteiger partial charge in [-0.05, 0) is 0 Å². The van der Waals surface area contributed by atoms with E-state index < -0.39 is 175 Å². The molecule has 0 heterocycles. The number of halogens is 6. The van der Waals surface area contributed by atoms with Gasteiger partial charge < -0.3 is 0 Å². The maximum absolute atomic E-state index is 14.9. The highest BCUT2D eigenvalue weighted by atomic mass is 19.2.